The van der Waals surface area contributed by atoms with E-state index in [0.29, 0.717) is 0 Å². The van der Waals surface area contributed by atoms with Crippen molar-refractivity contribution in [3.8, 4) is 0 Å². The van der Waals surface area contributed by atoms with Gasteiger partial charge in [-0.2, -0.15) is 0 Å². The Morgan fingerprint density at radius 3 is 1.67 bits per heavy atom. The second-order valence-corrected chi connectivity index (χ2v) is 1.65. The molecule has 0 aliphatic rings. The minimum Gasteiger partial charge on any atom is -0.693 e. The quantitative estimate of drug-likeness (QED) is 0.434. The Hall–Kier alpha value is 0.180. The van der Waals surface area contributed by atoms with E-state index in [1.54, 1.807) is 0 Å². The molecule has 2 N–H and O–H groups in total. The normalized spacial score (nSPS) is 6.78. The van der Waals surface area contributed by atoms with Crippen LogP contribution in [0, 0.1) is 6.92 Å². The van der Waals surface area contributed by atoms with Crippen molar-refractivity contribution in [2.45, 2.75) is 6.92 Å². The molecule has 0 saturated heterocycles. The summed E-state index contributed by atoms with van der Waals surface area (Å²) in [5, 5.41) is 0. The number of hydrogen-bond donors (Lipinski definition) is 0. The monoisotopic (exact) mass is 131 g/mol. The molecule has 0 radical (unpaired) electrons. The molecular formula is C7H10NNa. The van der Waals surface area contributed by atoms with Crippen molar-refractivity contribution in [1.82, 2.24) is 0 Å². The third-order valence-electron chi connectivity index (χ3n) is 0.940. The fourth-order valence-electron chi connectivity index (χ4n) is 0.534. The van der Waals surface area contributed by atoms with Crippen molar-refractivity contribution in [2.24, 2.45) is 0 Å². The average molecular weight is 131 g/mol. The smallest absolute Gasteiger partial charge is 0.693 e. The van der Waals surface area contributed by atoms with Crippen LogP contribution in [-0.4, -0.2) is 0 Å². The van der Waals surface area contributed by atoms with Gasteiger partial charge in [-0.15, -0.1) is 0 Å². The molecule has 0 aromatic heterocycles. The summed E-state index contributed by atoms with van der Waals surface area (Å²) in [5.74, 6) is 0. The van der Waals surface area contributed by atoms with Crippen LogP contribution in [0.25, 0.3) is 6.15 Å². The number of rotatable bonds is 0. The maximum Gasteiger partial charge on any atom is 1.00 e. The zero-order valence-corrected chi connectivity index (χ0v) is 7.96. The molecule has 0 atom stereocenters. The number of aryl methyl sites for hydroxylation is 1. The molecule has 9 heavy (non-hydrogen) atoms. The van der Waals surface area contributed by atoms with Gasteiger partial charge in [-0.1, -0.05) is 35.9 Å². The molecule has 0 spiro atoms. The molecule has 0 saturated carbocycles. The SMILES string of the molecule is Cc1ccccc1.[NH2-].[Na+]. The second-order valence-electron chi connectivity index (χ2n) is 1.65. The molecule has 0 unspecified atom stereocenters. The van der Waals surface area contributed by atoms with Gasteiger partial charge in [0, 0.05) is 0 Å². The Labute approximate surface area is 78.3 Å². The number of nitrogens with two attached hydrogens (primary N) is 1. The largest absolute Gasteiger partial charge is 1.00 e. The summed E-state index contributed by atoms with van der Waals surface area (Å²) in [6.45, 7) is 2.08. The first-order chi connectivity index (χ1) is 3.39. The van der Waals surface area contributed by atoms with Gasteiger partial charge < -0.3 is 6.15 Å². The third-order valence-corrected chi connectivity index (χ3v) is 0.940. The summed E-state index contributed by atoms with van der Waals surface area (Å²) in [4.78, 5) is 0. The molecule has 0 amide bonds. The summed E-state index contributed by atoms with van der Waals surface area (Å²) >= 11 is 0. The minimum absolute atomic E-state index is 0. The van der Waals surface area contributed by atoms with Gasteiger partial charge in [0.25, 0.3) is 0 Å². The predicted octanol–water partition coefficient (Wildman–Crippen LogP) is -0.284. The van der Waals surface area contributed by atoms with Crippen molar-refractivity contribution >= 4 is 0 Å². The third kappa shape index (κ3) is 4.67. The fraction of sp³-hybridized carbons (Fsp3) is 0.143. The molecule has 0 aliphatic heterocycles. The zero-order valence-electron chi connectivity index (χ0n) is 5.96. The Morgan fingerprint density at radius 1 is 1.00 bits per heavy atom. The van der Waals surface area contributed by atoms with Crippen LogP contribution in [0.5, 0.6) is 0 Å². The molecule has 44 valence electrons. The molecular weight excluding hydrogens is 121 g/mol. The van der Waals surface area contributed by atoms with E-state index in [1.807, 2.05) is 18.2 Å². The summed E-state index contributed by atoms with van der Waals surface area (Å²) in [7, 11) is 0. The van der Waals surface area contributed by atoms with Gasteiger partial charge >= 0.3 is 29.6 Å². The van der Waals surface area contributed by atoms with E-state index < -0.39 is 0 Å². The van der Waals surface area contributed by atoms with Gasteiger partial charge in [-0.3, -0.25) is 0 Å². The summed E-state index contributed by atoms with van der Waals surface area (Å²) < 4.78 is 0. The number of benzene rings is 1. The van der Waals surface area contributed by atoms with Crippen molar-refractivity contribution in [3.63, 3.8) is 0 Å². The van der Waals surface area contributed by atoms with Gasteiger partial charge in [0.2, 0.25) is 0 Å². The van der Waals surface area contributed by atoms with Crippen molar-refractivity contribution in [3.05, 3.63) is 42.0 Å². The van der Waals surface area contributed by atoms with E-state index in [0.717, 1.165) is 0 Å². The van der Waals surface area contributed by atoms with Gasteiger partial charge in [0.15, 0.2) is 0 Å². The van der Waals surface area contributed by atoms with Crippen LogP contribution in [0.4, 0.5) is 0 Å². The standard InChI is InChI=1S/C7H8.H2N.Na/c1-7-5-3-2-4-6-7;;/h2-6H,1H3;1H2;/q;-1;+1. The van der Waals surface area contributed by atoms with Gasteiger partial charge in [0.05, 0.1) is 0 Å². The average Bonchev–Trinajstić information content (AvgIpc) is 1.69. The summed E-state index contributed by atoms with van der Waals surface area (Å²) in [6, 6.07) is 10.3. The summed E-state index contributed by atoms with van der Waals surface area (Å²) in [6.07, 6.45) is 0. The topological polar surface area (TPSA) is 33.5 Å². The van der Waals surface area contributed by atoms with E-state index >= 15 is 0 Å². The van der Waals surface area contributed by atoms with Gasteiger partial charge in [0.1, 0.15) is 0 Å². The van der Waals surface area contributed by atoms with Crippen LogP contribution in [-0.2, 0) is 0 Å². The molecule has 2 heteroatoms. The van der Waals surface area contributed by atoms with Crippen molar-refractivity contribution < 1.29 is 29.6 Å². The van der Waals surface area contributed by atoms with Crippen LogP contribution >= 0.6 is 0 Å². The first-order valence-corrected chi connectivity index (χ1v) is 2.41. The van der Waals surface area contributed by atoms with E-state index in [1.165, 1.54) is 5.56 Å². The first-order valence-electron chi connectivity index (χ1n) is 2.41. The molecule has 0 bridgehead atoms. The molecule has 0 aliphatic carbocycles. The van der Waals surface area contributed by atoms with Crippen LogP contribution < -0.4 is 29.6 Å². The van der Waals surface area contributed by atoms with Gasteiger partial charge in [-0.25, -0.2) is 0 Å². The fourth-order valence-corrected chi connectivity index (χ4v) is 0.534. The van der Waals surface area contributed by atoms with Crippen LogP contribution in [0.1, 0.15) is 5.56 Å². The number of hydrogen-bond acceptors (Lipinski definition) is 0. The molecule has 0 heterocycles. The van der Waals surface area contributed by atoms with Crippen LogP contribution in [0.3, 0.4) is 0 Å². The van der Waals surface area contributed by atoms with Crippen LogP contribution in [0.2, 0.25) is 0 Å². The van der Waals surface area contributed by atoms with E-state index in [4.69, 9.17) is 0 Å². The van der Waals surface area contributed by atoms with E-state index in [-0.39, 0.29) is 35.7 Å². The molecule has 0 fully saturated rings. The maximum atomic E-state index is 2.08. The van der Waals surface area contributed by atoms with Crippen LogP contribution in [0.15, 0.2) is 30.3 Å². The second kappa shape index (κ2) is 6.30. The van der Waals surface area contributed by atoms with Crippen molar-refractivity contribution in [2.75, 3.05) is 0 Å². The van der Waals surface area contributed by atoms with E-state index in [9.17, 15) is 0 Å². The Balaban J connectivity index is 0. The predicted molar refractivity (Wildman–Crippen MR) is 36.5 cm³/mol. The van der Waals surface area contributed by atoms with Crippen molar-refractivity contribution in [1.29, 1.82) is 0 Å². The molecule has 1 rings (SSSR count). The molecule has 1 aromatic rings. The first kappa shape index (κ1) is 11.9. The Bertz CT molecular complexity index is 139. The summed E-state index contributed by atoms with van der Waals surface area (Å²) in [5.41, 5.74) is 1.32. The molecule has 1 aromatic carbocycles. The maximum absolute atomic E-state index is 2.08. The van der Waals surface area contributed by atoms with E-state index in [2.05, 4.69) is 19.1 Å². The zero-order chi connectivity index (χ0) is 5.11. The Kier molecular flexibility index (Phi) is 8.34. The van der Waals surface area contributed by atoms with Gasteiger partial charge in [-0.05, 0) is 6.92 Å². The molecule has 1 nitrogen and oxygen atoms in total. The minimum atomic E-state index is 0. The Morgan fingerprint density at radius 2 is 1.44 bits per heavy atom.